The van der Waals surface area contributed by atoms with Crippen LogP contribution in [0.5, 0.6) is 0 Å². The summed E-state index contributed by atoms with van der Waals surface area (Å²) in [6.45, 7) is 9.34. The summed E-state index contributed by atoms with van der Waals surface area (Å²) in [6, 6.07) is 0.454. The zero-order chi connectivity index (χ0) is 10.1. The van der Waals surface area contributed by atoms with Crippen LogP contribution < -0.4 is 5.32 Å². The second kappa shape index (κ2) is 8.27. The Morgan fingerprint density at radius 1 is 1.46 bits per heavy atom. The van der Waals surface area contributed by atoms with E-state index in [0.717, 1.165) is 25.8 Å². The van der Waals surface area contributed by atoms with Gasteiger partial charge in [-0.2, -0.15) is 0 Å². The van der Waals surface area contributed by atoms with E-state index >= 15 is 0 Å². The van der Waals surface area contributed by atoms with Crippen LogP contribution in [0.15, 0.2) is 12.7 Å². The average molecular weight is 185 g/mol. The molecule has 13 heavy (non-hydrogen) atoms. The van der Waals surface area contributed by atoms with Gasteiger partial charge in [-0.1, -0.05) is 19.9 Å². The van der Waals surface area contributed by atoms with Crippen molar-refractivity contribution in [2.75, 3.05) is 13.2 Å². The van der Waals surface area contributed by atoms with Crippen LogP contribution in [-0.2, 0) is 0 Å². The number of hydrogen-bond donors (Lipinski definition) is 2. The summed E-state index contributed by atoms with van der Waals surface area (Å²) in [5.41, 5.74) is 0. The molecule has 0 spiro atoms. The minimum atomic E-state index is 0.275. The summed E-state index contributed by atoms with van der Waals surface area (Å²) < 4.78 is 0. The van der Waals surface area contributed by atoms with Gasteiger partial charge >= 0.3 is 0 Å². The second-order valence-electron chi connectivity index (χ2n) is 3.75. The molecule has 0 aromatic heterocycles. The van der Waals surface area contributed by atoms with Gasteiger partial charge in [0, 0.05) is 12.6 Å². The Hall–Kier alpha value is -0.340. The fourth-order valence-corrected chi connectivity index (χ4v) is 1.34. The molecule has 0 heterocycles. The predicted molar refractivity (Wildman–Crippen MR) is 57.8 cm³/mol. The minimum Gasteiger partial charge on any atom is -0.396 e. The SMILES string of the molecule is C=CCCCNC(CCO)C(C)C. The predicted octanol–water partition coefficient (Wildman–Crippen LogP) is 1.95. The molecule has 0 aromatic carbocycles. The fourth-order valence-electron chi connectivity index (χ4n) is 1.34. The third-order valence-corrected chi connectivity index (χ3v) is 2.24. The number of aliphatic hydroxyl groups is 1. The highest BCUT2D eigenvalue weighted by Crippen LogP contribution is 2.05. The zero-order valence-electron chi connectivity index (χ0n) is 8.92. The van der Waals surface area contributed by atoms with Crippen molar-refractivity contribution in [3.05, 3.63) is 12.7 Å². The highest BCUT2D eigenvalue weighted by atomic mass is 16.3. The van der Waals surface area contributed by atoms with Crippen molar-refractivity contribution in [2.24, 2.45) is 5.92 Å². The Morgan fingerprint density at radius 3 is 2.62 bits per heavy atom. The lowest BCUT2D eigenvalue weighted by atomic mass is 10.0. The molecule has 1 unspecified atom stereocenters. The van der Waals surface area contributed by atoms with E-state index in [4.69, 9.17) is 5.11 Å². The van der Waals surface area contributed by atoms with Gasteiger partial charge in [0.15, 0.2) is 0 Å². The molecule has 0 amide bonds. The first kappa shape index (κ1) is 12.7. The summed E-state index contributed by atoms with van der Waals surface area (Å²) in [7, 11) is 0. The van der Waals surface area contributed by atoms with Crippen LogP contribution in [0.3, 0.4) is 0 Å². The van der Waals surface area contributed by atoms with E-state index in [1.54, 1.807) is 0 Å². The molecule has 0 radical (unpaired) electrons. The summed E-state index contributed by atoms with van der Waals surface area (Å²) in [5, 5.41) is 12.3. The molecule has 0 fully saturated rings. The molecule has 2 nitrogen and oxygen atoms in total. The smallest absolute Gasteiger partial charge is 0.0445 e. The van der Waals surface area contributed by atoms with E-state index in [1.807, 2.05) is 6.08 Å². The molecule has 0 aliphatic heterocycles. The largest absolute Gasteiger partial charge is 0.396 e. The molecule has 0 saturated carbocycles. The normalized spacial score (nSPS) is 13.2. The zero-order valence-corrected chi connectivity index (χ0v) is 8.92. The lowest BCUT2D eigenvalue weighted by Gasteiger charge is -2.21. The van der Waals surface area contributed by atoms with E-state index in [2.05, 4.69) is 25.7 Å². The van der Waals surface area contributed by atoms with Crippen molar-refractivity contribution >= 4 is 0 Å². The van der Waals surface area contributed by atoms with Crippen molar-refractivity contribution in [3.63, 3.8) is 0 Å². The first-order valence-electron chi connectivity index (χ1n) is 5.17. The molecule has 0 aromatic rings. The van der Waals surface area contributed by atoms with Crippen LogP contribution in [0.25, 0.3) is 0 Å². The monoisotopic (exact) mass is 185 g/mol. The van der Waals surface area contributed by atoms with Crippen molar-refractivity contribution in [1.82, 2.24) is 5.32 Å². The molecule has 0 aliphatic rings. The van der Waals surface area contributed by atoms with Gasteiger partial charge in [-0.25, -0.2) is 0 Å². The topological polar surface area (TPSA) is 32.3 Å². The van der Waals surface area contributed by atoms with E-state index in [-0.39, 0.29) is 6.61 Å². The molecule has 78 valence electrons. The Bertz CT molecular complexity index is 123. The average Bonchev–Trinajstić information content (AvgIpc) is 2.10. The summed E-state index contributed by atoms with van der Waals surface area (Å²) in [4.78, 5) is 0. The molecular formula is C11H23NO. The molecule has 1 atom stereocenters. The maximum Gasteiger partial charge on any atom is 0.0445 e. The van der Waals surface area contributed by atoms with Gasteiger partial charge < -0.3 is 10.4 Å². The van der Waals surface area contributed by atoms with Crippen LogP contribution in [0, 0.1) is 5.92 Å². The minimum absolute atomic E-state index is 0.275. The van der Waals surface area contributed by atoms with Crippen LogP contribution in [0.4, 0.5) is 0 Å². The third-order valence-electron chi connectivity index (χ3n) is 2.24. The summed E-state index contributed by atoms with van der Waals surface area (Å²) >= 11 is 0. The lowest BCUT2D eigenvalue weighted by molar-refractivity contribution is 0.244. The molecular weight excluding hydrogens is 162 g/mol. The van der Waals surface area contributed by atoms with Gasteiger partial charge in [0.2, 0.25) is 0 Å². The number of hydrogen-bond acceptors (Lipinski definition) is 2. The van der Waals surface area contributed by atoms with E-state index < -0.39 is 0 Å². The van der Waals surface area contributed by atoms with Crippen LogP contribution in [0.2, 0.25) is 0 Å². The molecule has 2 heteroatoms. The molecule has 2 N–H and O–H groups in total. The first-order chi connectivity index (χ1) is 6.22. The highest BCUT2D eigenvalue weighted by Gasteiger charge is 2.10. The summed E-state index contributed by atoms with van der Waals surface area (Å²) in [5.74, 6) is 0.593. The maximum atomic E-state index is 8.83. The van der Waals surface area contributed by atoms with Crippen LogP contribution >= 0.6 is 0 Å². The second-order valence-corrected chi connectivity index (χ2v) is 3.75. The Kier molecular flexibility index (Phi) is 8.05. The lowest BCUT2D eigenvalue weighted by Crippen LogP contribution is -2.35. The van der Waals surface area contributed by atoms with Gasteiger partial charge in [0.1, 0.15) is 0 Å². The summed E-state index contributed by atoms with van der Waals surface area (Å²) in [6.07, 6.45) is 5.00. The van der Waals surface area contributed by atoms with Crippen molar-refractivity contribution in [2.45, 2.75) is 39.2 Å². The number of aliphatic hydroxyl groups excluding tert-OH is 1. The third kappa shape index (κ3) is 6.79. The number of nitrogens with one attached hydrogen (secondary N) is 1. The van der Waals surface area contributed by atoms with Crippen molar-refractivity contribution in [3.8, 4) is 0 Å². The van der Waals surface area contributed by atoms with Crippen LogP contribution in [0.1, 0.15) is 33.1 Å². The highest BCUT2D eigenvalue weighted by molar-refractivity contribution is 4.72. The molecule has 0 saturated heterocycles. The molecule has 0 aliphatic carbocycles. The maximum absolute atomic E-state index is 8.83. The standard InChI is InChI=1S/C11H23NO/c1-4-5-6-8-12-11(7-9-13)10(2)3/h4,10-13H,1,5-9H2,2-3H3. The van der Waals surface area contributed by atoms with Crippen LogP contribution in [-0.4, -0.2) is 24.3 Å². The number of allylic oxidation sites excluding steroid dienone is 1. The number of unbranched alkanes of at least 4 members (excludes halogenated alkanes) is 1. The van der Waals surface area contributed by atoms with Gasteiger partial charge in [-0.15, -0.1) is 6.58 Å². The van der Waals surface area contributed by atoms with Crippen molar-refractivity contribution < 1.29 is 5.11 Å². The van der Waals surface area contributed by atoms with Gasteiger partial charge in [-0.3, -0.25) is 0 Å². The van der Waals surface area contributed by atoms with E-state index in [0.29, 0.717) is 12.0 Å². The van der Waals surface area contributed by atoms with E-state index in [9.17, 15) is 0 Å². The first-order valence-corrected chi connectivity index (χ1v) is 5.17. The number of rotatable bonds is 8. The fraction of sp³-hybridized carbons (Fsp3) is 0.818. The molecule has 0 rings (SSSR count). The Balaban J connectivity index is 3.50. The Morgan fingerprint density at radius 2 is 2.15 bits per heavy atom. The van der Waals surface area contributed by atoms with Gasteiger partial charge in [-0.05, 0) is 31.7 Å². The van der Waals surface area contributed by atoms with E-state index in [1.165, 1.54) is 0 Å². The van der Waals surface area contributed by atoms with Crippen molar-refractivity contribution in [1.29, 1.82) is 0 Å². The quantitative estimate of drug-likeness (QED) is 0.447. The van der Waals surface area contributed by atoms with Gasteiger partial charge in [0.05, 0.1) is 0 Å². The Labute approximate surface area is 82.0 Å². The molecule has 0 bridgehead atoms. The van der Waals surface area contributed by atoms with Gasteiger partial charge in [0.25, 0.3) is 0 Å².